The first-order valence-electron chi connectivity index (χ1n) is 10.3. The summed E-state index contributed by atoms with van der Waals surface area (Å²) >= 11 is 1.32. The third-order valence-corrected chi connectivity index (χ3v) is 6.05. The van der Waals surface area contributed by atoms with Crippen LogP contribution in [0, 0.1) is 0 Å². The summed E-state index contributed by atoms with van der Waals surface area (Å²) in [5.74, 6) is 0.522. The van der Waals surface area contributed by atoms with Crippen LogP contribution < -0.4 is 0 Å². The second kappa shape index (κ2) is 10.1. The molecule has 0 aliphatic carbocycles. The third kappa shape index (κ3) is 5.48. The summed E-state index contributed by atoms with van der Waals surface area (Å²) < 4.78 is 46.5. The van der Waals surface area contributed by atoms with Crippen LogP contribution in [0.5, 0.6) is 0 Å². The highest BCUT2D eigenvalue weighted by Crippen LogP contribution is 2.32. The van der Waals surface area contributed by atoms with Gasteiger partial charge in [-0.1, -0.05) is 60.3 Å². The summed E-state index contributed by atoms with van der Waals surface area (Å²) in [5, 5.41) is 9.01. The van der Waals surface area contributed by atoms with Crippen molar-refractivity contribution in [3.05, 3.63) is 107 Å². The van der Waals surface area contributed by atoms with Crippen molar-refractivity contribution in [2.45, 2.75) is 23.5 Å². The van der Waals surface area contributed by atoms with Crippen LogP contribution in [-0.2, 0) is 23.1 Å². The zero-order chi connectivity index (χ0) is 24.1. The fourth-order valence-electron chi connectivity index (χ4n) is 3.42. The van der Waals surface area contributed by atoms with Crippen molar-refractivity contribution in [3.8, 4) is 5.69 Å². The molecule has 0 spiro atoms. The maximum absolute atomic E-state index is 13.4. The Morgan fingerprint density at radius 2 is 1.68 bits per heavy atom. The number of aromatic nitrogens is 3. The average Bonchev–Trinajstić information content (AvgIpc) is 3.24. The zero-order valence-corrected chi connectivity index (χ0v) is 18.9. The van der Waals surface area contributed by atoms with Crippen LogP contribution in [0.2, 0.25) is 0 Å². The largest absolute Gasteiger partial charge is 0.465 e. The standard InChI is InChI=1S/C25H20F3N3O2S/c1-33-23(32)19-10-5-9-18(13-19)16-34-24-30-29-22(14-17-7-3-2-4-8-17)31(24)21-12-6-11-20(15-21)25(26,27)28/h2-13,15H,14,16H2,1H3. The predicted molar refractivity (Wildman–Crippen MR) is 123 cm³/mol. The van der Waals surface area contributed by atoms with E-state index in [0.29, 0.717) is 34.4 Å². The van der Waals surface area contributed by atoms with Crippen molar-refractivity contribution in [1.82, 2.24) is 14.8 Å². The number of carbonyl (C=O) groups is 1. The van der Waals surface area contributed by atoms with Gasteiger partial charge in [-0.2, -0.15) is 13.2 Å². The van der Waals surface area contributed by atoms with E-state index in [1.165, 1.54) is 24.9 Å². The minimum absolute atomic E-state index is 0.330. The van der Waals surface area contributed by atoms with Crippen LogP contribution in [0.3, 0.4) is 0 Å². The summed E-state index contributed by atoms with van der Waals surface area (Å²) in [6.07, 6.45) is -4.06. The number of hydrogen-bond donors (Lipinski definition) is 0. The van der Waals surface area contributed by atoms with Gasteiger partial charge in [-0.15, -0.1) is 10.2 Å². The molecule has 5 nitrogen and oxygen atoms in total. The summed E-state index contributed by atoms with van der Waals surface area (Å²) in [5.41, 5.74) is 1.81. The number of alkyl halides is 3. The number of nitrogens with zero attached hydrogens (tertiary/aromatic N) is 3. The number of carbonyl (C=O) groups excluding carboxylic acids is 1. The van der Waals surface area contributed by atoms with Gasteiger partial charge in [0.2, 0.25) is 0 Å². The second-order valence-electron chi connectivity index (χ2n) is 7.43. The Labute approximate surface area is 198 Å². The molecular weight excluding hydrogens is 463 g/mol. The number of halogens is 3. The van der Waals surface area contributed by atoms with Crippen molar-refractivity contribution in [3.63, 3.8) is 0 Å². The van der Waals surface area contributed by atoms with Gasteiger partial charge in [0, 0.05) is 12.2 Å². The molecule has 0 aliphatic rings. The molecule has 0 amide bonds. The Morgan fingerprint density at radius 3 is 2.41 bits per heavy atom. The Hall–Kier alpha value is -3.59. The number of thioether (sulfide) groups is 1. The molecule has 1 aromatic heterocycles. The molecule has 0 atom stereocenters. The first-order chi connectivity index (χ1) is 16.3. The Bertz CT molecular complexity index is 1290. The average molecular weight is 484 g/mol. The van der Waals surface area contributed by atoms with E-state index < -0.39 is 17.7 Å². The van der Waals surface area contributed by atoms with Crippen molar-refractivity contribution < 1.29 is 22.7 Å². The van der Waals surface area contributed by atoms with Crippen LogP contribution in [0.25, 0.3) is 5.69 Å². The van der Waals surface area contributed by atoms with Crippen LogP contribution >= 0.6 is 11.8 Å². The highest BCUT2D eigenvalue weighted by atomic mass is 32.2. The first-order valence-corrected chi connectivity index (χ1v) is 11.3. The Kier molecular flexibility index (Phi) is 7.02. The highest BCUT2D eigenvalue weighted by Gasteiger charge is 2.31. The van der Waals surface area contributed by atoms with E-state index >= 15 is 0 Å². The molecule has 9 heteroatoms. The SMILES string of the molecule is COC(=O)c1cccc(CSc2nnc(Cc3ccccc3)n2-c2cccc(C(F)(F)F)c2)c1. The number of ether oxygens (including phenoxy) is 1. The van der Waals surface area contributed by atoms with Gasteiger partial charge in [0.25, 0.3) is 0 Å². The van der Waals surface area contributed by atoms with Crippen molar-refractivity contribution >= 4 is 17.7 Å². The molecule has 1 heterocycles. The number of benzene rings is 3. The maximum Gasteiger partial charge on any atom is 0.416 e. The summed E-state index contributed by atoms with van der Waals surface area (Å²) in [6.45, 7) is 0. The van der Waals surface area contributed by atoms with Crippen molar-refractivity contribution in [2.24, 2.45) is 0 Å². The molecule has 34 heavy (non-hydrogen) atoms. The van der Waals surface area contributed by atoms with Crippen molar-refractivity contribution in [1.29, 1.82) is 0 Å². The zero-order valence-electron chi connectivity index (χ0n) is 18.1. The van der Waals surface area contributed by atoms with Crippen molar-refractivity contribution in [2.75, 3.05) is 7.11 Å². The monoisotopic (exact) mass is 483 g/mol. The van der Waals surface area contributed by atoms with E-state index in [4.69, 9.17) is 4.74 Å². The topological polar surface area (TPSA) is 57.0 Å². The molecule has 3 aromatic carbocycles. The number of hydrogen-bond acceptors (Lipinski definition) is 5. The lowest BCUT2D eigenvalue weighted by molar-refractivity contribution is -0.137. The number of esters is 1. The fourth-order valence-corrected chi connectivity index (χ4v) is 4.33. The van der Waals surface area contributed by atoms with Crippen LogP contribution in [0.4, 0.5) is 13.2 Å². The number of methoxy groups -OCH3 is 1. The molecule has 0 saturated heterocycles. The highest BCUT2D eigenvalue weighted by molar-refractivity contribution is 7.98. The normalized spacial score (nSPS) is 11.4. The van der Waals surface area contributed by atoms with E-state index in [2.05, 4.69) is 10.2 Å². The maximum atomic E-state index is 13.4. The molecule has 0 saturated carbocycles. The molecule has 174 valence electrons. The van der Waals surface area contributed by atoms with E-state index in [0.717, 1.165) is 23.3 Å². The lowest BCUT2D eigenvalue weighted by atomic mass is 10.1. The summed E-state index contributed by atoms with van der Waals surface area (Å²) in [7, 11) is 1.32. The fraction of sp³-hybridized carbons (Fsp3) is 0.160. The molecule has 0 bridgehead atoms. The molecule has 4 rings (SSSR count). The molecule has 0 fully saturated rings. The van der Waals surface area contributed by atoms with E-state index in [-0.39, 0.29) is 0 Å². The second-order valence-corrected chi connectivity index (χ2v) is 8.37. The predicted octanol–water partition coefficient (Wildman–Crippen LogP) is 5.96. The molecule has 4 aromatic rings. The van der Waals surface area contributed by atoms with Gasteiger partial charge >= 0.3 is 12.1 Å². The lowest BCUT2D eigenvalue weighted by Crippen LogP contribution is -2.08. The van der Waals surface area contributed by atoms with Gasteiger partial charge in [0.05, 0.1) is 23.9 Å². The summed E-state index contributed by atoms with van der Waals surface area (Å²) in [4.78, 5) is 11.8. The third-order valence-electron chi connectivity index (χ3n) is 5.05. The molecule has 0 radical (unpaired) electrons. The van der Waals surface area contributed by atoms with Gasteiger partial charge in [-0.25, -0.2) is 4.79 Å². The first kappa shape index (κ1) is 23.6. The lowest BCUT2D eigenvalue weighted by Gasteiger charge is -2.13. The minimum atomic E-state index is -4.47. The van der Waals surface area contributed by atoms with Crippen LogP contribution in [-0.4, -0.2) is 27.8 Å². The smallest absolute Gasteiger partial charge is 0.416 e. The van der Waals surface area contributed by atoms with Gasteiger partial charge in [0.15, 0.2) is 5.16 Å². The van der Waals surface area contributed by atoms with Crippen LogP contribution in [0.1, 0.15) is 32.9 Å². The number of rotatable bonds is 7. The Balaban J connectivity index is 1.68. The molecule has 0 N–H and O–H groups in total. The van der Waals surface area contributed by atoms with Gasteiger partial charge in [-0.3, -0.25) is 4.57 Å². The minimum Gasteiger partial charge on any atom is -0.465 e. The summed E-state index contributed by atoms with van der Waals surface area (Å²) in [6, 6.07) is 21.6. The van der Waals surface area contributed by atoms with Gasteiger partial charge in [0.1, 0.15) is 5.82 Å². The van der Waals surface area contributed by atoms with Gasteiger partial charge < -0.3 is 4.74 Å². The van der Waals surface area contributed by atoms with E-state index in [1.54, 1.807) is 28.8 Å². The van der Waals surface area contributed by atoms with Gasteiger partial charge in [-0.05, 0) is 41.5 Å². The molecule has 0 aliphatic heterocycles. The quantitative estimate of drug-likeness (QED) is 0.240. The molecular formula is C25H20F3N3O2S. The van der Waals surface area contributed by atoms with Crippen LogP contribution in [0.15, 0.2) is 84.0 Å². The van der Waals surface area contributed by atoms with E-state index in [1.807, 2.05) is 36.4 Å². The Morgan fingerprint density at radius 1 is 0.941 bits per heavy atom. The van der Waals surface area contributed by atoms with E-state index in [9.17, 15) is 18.0 Å². The molecule has 0 unspecified atom stereocenters.